The molecule has 6 heteroatoms. The van der Waals surface area contributed by atoms with Crippen LogP contribution in [0.4, 0.5) is 0 Å². The lowest BCUT2D eigenvalue weighted by Crippen LogP contribution is -2.27. The summed E-state index contributed by atoms with van der Waals surface area (Å²) >= 11 is 5.73. The number of rotatable bonds is 7. The number of ether oxygens (including phenoxy) is 1. The molecule has 0 aromatic heterocycles. The highest BCUT2D eigenvalue weighted by Gasteiger charge is 2.18. The lowest BCUT2D eigenvalue weighted by Gasteiger charge is -2.13. The van der Waals surface area contributed by atoms with Gasteiger partial charge in [0, 0.05) is 5.02 Å². The van der Waals surface area contributed by atoms with Crippen LogP contribution in [0.2, 0.25) is 5.02 Å². The first-order chi connectivity index (χ1) is 8.78. The van der Waals surface area contributed by atoms with Gasteiger partial charge in [-0.1, -0.05) is 23.7 Å². The van der Waals surface area contributed by atoms with Crippen LogP contribution in [0.25, 0.3) is 0 Å². The van der Waals surface area contributed by atoms with Crippen LogP contribution in [0.5, 0.6) is 0 Å². The number of aliphatic hydroxyl groups is 1. The van der Waals surface area contributed by atoms with E-state index in [1.54, 1.807) is 24.3 Å². The molecule has 1 aromatic carbocycles. The maximum atomic E-state index is 11.9. The minimum absolute atomic E-state index is 0.0253. The second kappa shape index (κ2) is 7.24. The van der Waals surface area contributed by atoms with Crippen molar-refractivity contribution >= 4 is 21.4 Å². The summed E-state index contributed by atoms with van der Waals surface area (Å²) in [6.45, 7) is 3.68. The molecule has 1 unspecified atom stereocenters. The minimum Gasteiger partial charge on any atom is -0.390 e. The lowest BCUT2D eigenvalue weighted by atomic mass is 10.2. The first kappa shape index (κ1) is 16.4. The second-order valence-corrected chi connectivity index (χ2v) is 7.26. The van der Waals surface area contributed by atoms with Gasteiger partial charge in [-0.05, 0) is 31.5 Å². The summed E-state index contributed by atoms with van der Waals surface area (Å²) < 4.78 is 29.0. The predicted octanol–water partition coefficient (Wildman–Crippen LogP) is 2.04. The summed E-state index contributed by atoms with van der Waals surface area (Å²) in [6, 6.07) is 6.61. The van der Waals surface area contributed by atoms with Crippen molar-refractivity contribution in [3.05, 3.63) is 34.9 Å². The van der Waals surface area contributed by atoms with Gasteiger partial charge in [-0.2, -0.15) is 0 Å². The molecule has 0 heterocycles. The number of sulfone groups is 1. The third-order valence-electron chi connectivity index (χ3n) is 2.37. The van der Waals surface area contributed by atoms with Crippen molar-refractivity contribution in [2.75, 3.05) is 12.4 Å². The van der Waals surface area contributed by atoms with Gasteiger partial charge >= 0.3 is 0 Å². The molecule has 0 spiro atoms. The molecular formula is C13H19ClO4S. The highest BCUT2D eigenvalue weighted by atomic mass is 35.5. The Kier molecular flexibility index (Phi) is 6.26. The average Bonchev–Trinajstić information content (AvgIpc) is 2.28. The van der Waals surface area contributed by atoms with Gasteiger partial charge in [0.15, 0.2) is 9.84 Å². The standard InChI is InChI=1S/C13H19ClO4S/c1-10(2)18-7-13(15)9-19(16,17)8-11-3-5-12(14)6-4-11/h3-6,10,13,15H,7-9H2,1-2H3. The topological polar surface area (TPSA) is 63.6 Å². The van der Waals surface area contributed by atoms with Crippen LogP contribution in [-0.4, -0.2) is 38.1 Å². The Hall–Kier alpha value is -0.620. The molecule has 0 bridgehead atoms. The summed E-state index contributed by atoms with van der Waals surface area (Å²) in [7, 11) is -3.37. The summed E-state index contributed by atoms with van der Waals surface area (Å²) in [5.74, 6) is -0.411. The molecule has 19 heavy (non-hydrogen) atoms. The number of benzene rings is 1. The Labute approximate surface area is 119 Å². The fourth-order valence-electron chi connectivity index (χ4n) is 1.54. The molecule has 0 aliphatic carbocycles. The summed E-state index contributed by atoms with van der Waals surface area (Å²) in [5.41, 5.74) is 0.654. The van der Waals surface area contributed by atoms with Crippen molar-refractivity contribution in [2.45, 2.75) is 31.8 Å². The number of aliphatic hydroxyl groups excluding tert-OH is 1. The molecule has 1 N–H and O–H groups in total. The number of hydrogen-bond acceptors (Lipinski definition) is 4. The van der Waals surface area contributed by atoms with Crippen LogP contribution in [-0.2, 0) is 20.3 Å². The average molecular weight is 307 g/mol. The molecule has 0 radical (unpaired) electrons. The zero-order chi connectivity index (χ0) is 14.5. The molecule has 4 nitrogen and oxygen atoms in total. The Balaban J connectivity index is 2.54. The van der Waals surface area contributed by atoms with E-state index in [0.29, 0.717) is 10.6 Å². The summed E-state index contributed by atoms with van der Waals surface area (Å²) in [4.78, 5) is 0. The molecule has 0 saturated carbocycles. The van der Waals surface area contributed by atoms with E-state index < -0.39 is 15.9 Å². The predicted molar refractivity (Wildman–Crippen MR) is 76.0 cm³/mol. The highest BCUT2D eigenvalue weighted by molar-refractivity contribution is 7.90. The van der Waals surface area contributed by atoms with E-state index in [-0.39, 0.29) is 24.2 Å². The lowest BCUT2D eigenvalue weighted by molar-refractivity contribution is 0.0146. The summed E-state index contributed by atoms with van der Waals surface area (Å²) in [5, 5.41) is 10.2. The molecule has 0 aliphatic rings. The van der Waals surface area contributed by atoms with Crippen molar-refractivity contribution in [3.63, 3.8) is 0 Å². The maximum Gasteiger partial charge on any atom is 0.157 e. The third kappa shape index (κ3) is 6.92. The van der Waals surface area contributed by atoms with Gasteiger partial charge in [-0.3, -0.25) is 0 Å². The Morgan fingerprint density at radius 3 is 2.37 bits per heavy atom. The maximum absolute atomic E-state index is 11.9. The van der Waals surface area contributed by atoms with Crippen LogP contribution >= 0.6 is 11.6 Å². The molecule has 0 amide bonds. The van der Waals surface area contributed by atoms with Crippen molar-refractivity contribution < 1.29 is 18.3 Å². The van der Waals surface area contributed by atoms with Gasteiger partial charge in [-0.15, -0.1) is 0 Å². The molecule has 0 saturated heterocycles. The molecule has 0 fully saturated rings. The van der Waals surface area contributed by atoms with E-state index in [0.717, 1.165) is 0 Å². The molecular weight excluding hydrogens is 288 g/mol. The van der Waals surface area contributed by atoms with E-state index in [2.05, 4.69) is 0 Å². The fourth-order valence-corrected chi connectivity index (χ4v) is 3.16. The van der Waals surface area contributed by atoms with Crippen LogP contribution in [0.3, 0.4) is 0 Å². The van der Waals surface area contributed by atoms with Gasteiger partial charge < -0.3 is 9.84 Å². The zero-order valence-corrected chi connectivity index (χ0v) is 12.6. The van der Waals surface area contributed by atoms with Gasteiger partial charge in [-0.25, -0.2) is 8.42 Å². The Morgan fingerprint density at radius 2 is 1.84 bits per heavy atom. The molecule has 1 atom stereocenters. The Bertz CT molecular complexity index is 482. The second-order valence-electron chi connectivity index (χ2n) is 4.72. The largest absolute Gasteiger partial charge is 0.390 e. The van der Waals surface area contributed by atoms with Crippen molar-refractivity contribution in [1.82, 2.24) is 0 Å². The number of halogens is 1. The van der Waals surface area contributed by atoms with Crippen LogP contribution in [0.1, 0.15) is 19.4 Å². The van der Waals surface area contributed by atoms with Crippen LogP contribution in [0, 0.1) is 0 Å². The van der Waals surface area contributed by atoms with Gasteiger partial charge in [0.05, 0.1) is 30.3 Å². The number of hydrogen-bond donors (Lipinski definition) is 1. The van der Waals surface area contributed by atoms with Crippen LogP contribution < -0.4 is 0 Å². The Morgan fingerprint density at radius 1 is 1.26 bits per heavy atom. The molecule has 0 aliphatic heterocycles. The van der Waals surface area contributed by atoms with E-state index in [9.17, 15) is 13.5 Å². The van der Waals surface area contributed by atoms with E-state index in [4.69, 9.17) is 16.3 Å². The van der Waals surface area contributed by atoms with Crippen molar-refractivity contribution in [1.29, 1.82) is 0 Å². The van der Waals surface area contributed by atoms with Crippen molar-refractivity contribution in [3.8, 4) is 0 Å². The summed E-state index contributed by atoms with van der Waals surface area (Å²) in [6.07, 6.45) is -1.03. The fraction of sp³-hybridized carbons (Fsp3) is 0.538. The van der Waals surface area contributed by atoms with E-state index >= 15 is 0 Å². The first-order valence-electron chi connectivity index (χ1n) is 6.03. The van der Waals surface area contributed by atoms with Gasteiger partial charge in [0.1, 0.15) is 0 Å². The van der Waals surface area contributed by atoms with Gasteiger partial charge in [0.25, 0.3) is 0 Å². The van der Waals surface area contributed by atoms with E-state index in [1.807, 2.05) is 13.8 Å². The van der Waals surface area contributed by atoms with Gasteiger partial charge in [0.2, 0.25) is 0 Å². The quantitative estimate of drug-likeness (QED) is 0.837. The monoisotopic (exact) mass is 306 g/mol. The first-order valence-corrected chi connectivity index (χ1v) is 8.23. The minimum atomic E-state index is -3.37. The zero-order valence-electron chi connectivity index (χ0n) is 11.0. The van der Waals surface area contributed by atoms with Crippen LogP contribution in [0.15, 0.2) is 24.3 Å². The van der Waals surface area contributed by atoms with E-state index in [1.165, 1.54) is 0 Å². The smallest absolute Gasteiger partial charge is 0.157 e. The molecule has 1 rings (SSSR count). The SMILES string of the molecule is CC(C)OCC(O)CS(=O)(=O)Cc1ccc(Cl)cc1. The normalized spacial score (nSPS) is 13.7. The molecule has 1 aromatic rings. The molecule has 108 valence electrons. The third-order valence-corrected chi connectivity index (χ3v) is 4.29. The van der Waals surface area contributed by atoms with Crippen molar-refractivity contribution in [2.24, 2.45) is 0 Å². The highest BCUT2D eigenvalue weighted by Crippen LogP contribution is 2.13.